The number of carbonyl (C=O) groups excluding carboxylic acids is 1. The van der Waals surface area contributed by atoms with Gasteiger partial charge in [0.05, 0.1) is 30.7 Å². The molecule has 0 aromatic carbocycles. The Hall–Kier alpha value is -1.47. The molecular weight excluding hydrogens is 256 g/mol. The highest BCUT2D eigenvalue weighted by atomic mass is 32.2. The largest absolute Gasteiger partial charge is 0.469 e. The van der Waals surface area contributed by atoms with E-state index in [0.29, 0.717) is 11.3 Å². The predicted octanol–water partition coefficient (Wildman–Crippen LogP) is 0.0182. The third kappa shape index (κ3) is 4.80. The van der Waals surface area contributed by atoms with Gasteiger partial charge in [-0.3, -0.25) is 9.78 Å². The second-order valence-corrected chi connectivity index (χ2v) is 5.96. The average molecular weight is 272 g/mol. The molecule has 100 valence electrons. The number of nitrogens with zero attached hydrogens (tertiary/aromatic N) is 1. The lowest BCUT2D eigenvalue weighted by Crippen LogP contribution is -2.14. The van der Waals surface area contributed by atoms with Crippen molar-refractivity contribution < 1.29 is 17.9 Å². The van der Waals surface area contributed by atoms with Crippen LogP contribution in [0.5, 0.6) is 0 Å². The van der Waals surface area contributed by atoms with Gasteiger partial charge in [-0.1, -0.05) is 0 Å². The Morgan fingerprint density at radius 2 is 2.22 bits per heavy atom. The average Bonchev–Trinajstić information content (AvgIpc) is 2.35. The van der Waals surface area contributed by atoms with Crippen LogP contribution in [0.2, 0.25) is 0 Å². The molecule has 7 heteroatoms. The van der Waals surface area contributed by atoms with Crippen LogP contribution in [0.15, 0.2) is 18.3 Å². The summed E-state index contributed by atoms with van der Waals surface area (Å²) < 4.78 is 27.9. The Bertz CT molecular complexity index is 514. The quantitative estimate of drug-likeness (QED) is 0.733. The Morgan fingerprint density at radius 3 is 2.83 bits per heavy atom. The lowest BCUT2D eigenvalue weighted by molar-refractivity contribution is -0.140. The molecular formula is C11H16N2O4S. The number of esters is 1. The number of methoxy groups -OCH3 is 1. The number of ether oxygens (including phenoxy) is 1. The predicted molar refractivity (Wildman–Crippen MR) is 66.3 cm³/mol. The SMILES string of the molecule is COC(=O)CCS(=O)(=O)Cc1ccnc(CN)c1. The number of hydrogen-bond acceptors (Lipinski definition) is 6. The van der Waals surface area contributed by atoms with Gasteiger partial charge in [0.1, 0.15) is 0 Å². The molecule has 0 aliphatic rings. The van der Waals surface area contributed by atoms with E-state index in [-0.39, 0.29) is 24.5 Å². The van der Waals surface area contributed by atoms with Crippen molar-refractivity contribution in [1.82, 2.24) is 4.98 Å². The van der Waals surface area contributed by atoms with E-state index in [1.807, 2.05) is 0 Å². The zero-order valence-electron chi connectivity index (χ0n) is 10.1. The van der Waals surface area contributed by atoms with E-state index < -0.39 is 15.8 Å². The Balaban J connectivity index is 2.67. The number of pyridine rings is 1. The summed E-state index contributed by atoms with van der Waals surface area (Å²) in [6.45, 7) is 0.260. The number of carbonyl (C=O) groups is 1. The van der Waals surface area contributed by atoms with Crippen molar-refractivity contribution in [2.75, 3.05) is 12.9 Å². The molecule has 0 saturated heterocycles. The van der Waals surface area contributed by atoms with Crippen molar-refractivity contribution in [3.05, 3.63) is 29.6 Å². The molecule has 18 heavy (non-hydrogen) atoms. The molecule has 1 rings (SSSR count). The zero-order valence-corrected chi connectivity index (χ0v) is 10.9. The molecule has 2 N–H and O–H groups in total. The molecule has 0 bridgehead atoms. The minimum absolute atomic E-state index is 0.125. The molecule has 0 fully saturated rings. The van der Waals surface area contributed by atoms with Gasteiger partial charge in [0.2, 0.25) is 0 Å². The van der Waals surface area contributed by atoms with Gasteiger partial charge in [0.15, 0.2) is 9.84 Å². The van der Waals surface area contributed by atoms with E-state index in [0.717, 1.165) is 0 Å². The first kappa shape index (κ1) is 14.6. The van der Waals surface area contributed by atoms with Crippen LogP contribution in [0.25, 0.3) is 0 Å². The minimum Gasteiger partial charge on any atom is -0.469 e. The smallest absolute Gasteiger partial charge is 0.306 e. The highest BCUT2D eigenvalue weighted by molar-refractivity contribution is 7.90. The number of aromatic nitrogens is 1. The lowest BCUT2D eigenvalue weighted by Gasteiger charge is -2.05. The van der Waals surface area contributed by atoms with Gasteiger partial charge >= 0.3 is 5.97 Å². The fourth-order valence-electron chi connectivity index (χ4n) is 1.40. The number of nitrogens with two attached hydrogens (primary N) is 1. The normalized spacial score (nSPS) is 11.2. The van der Waals surface area contributed by atoms with E-state index in [1.54, 1.807) is 12.1 Å². The van der Waals surface area contributed by atoms with Gasteiger partial charge in [-0.05, 0) is 17.7 Å². The molecule has 0 atom stereocenters. The maximum Gasteiger partial charge on any atom is 0.306 e. The summed E-state index contributed by atoms with van der Waals surface area (Å²) >= 11 is 0. The Kier molecular flexibility index (Phi) is 5.24. The molecule has 0 spiro atoms. The number of sulfone groups is 1. The summed E-state index contributed by atoms with van der Waals surface area (Å²) in [7, 11) is -2.11. The zero-order chi connectivity index (χ0) is 13.6. The first-order valence-electron chi connectivity index (χ1n) is 5.38. The lowest BCUT2D eigenvalue weighted by atomic mass is 10.2. The van der Waals surface area contributed by atoms with Crippen LogP contribution in [-0.4, -0.2) is 32.2 Å². The molecule has 1 heterocycles. The number of hydrogen-bond donors (Lipinski definition) is 1. The fourth-order valence-corrected chi connectivity index (χ4v) is 2.71. The summed E-state index contributed by atoms with van der Waals surface area (Å²) in [4.78, 5) is 14.9. The molecule has 6 nitrogen and oxygen atoms in total. The summed E-state index contributed by atoms with van der Waals surface area (Å²) in [6.07, 6.45) is 1.39. The van der Waals surface area contributed by atoms with E-state index in [9.17, 15) is 13.2 Å². The van der Waals surface area contributed by atoms with Crippen molar-refractivity contribution in [2.24, 2.45) is 5.73 Å². The maximum atomic E-state index is 11.8. The molecule has 0 unspecified atom stereocenters. The minimum atomic E-state index is -3.33. The van der Waals surface area contributed by atoms with Crippen molar-refractivity contribution >= 4 is 15.8 Å². The molecule has 1 aromatic heterocycles. The molecule has 1 aromatic rings. The molecule has 0 aliphatic heterocycles. The maximum absolute atomic E-state index is 11.8. The van der Waals surface area contributed by atoms with Crippen molar-refractivity contribution in [2.45, 2.75) is 18.7 Å². The molecule has 0 radical (unpaired) electrons. The molecule has 0 aliphatic carbocycles. The third-order valence-electron chi connectivity index (χ3n) is 2.32. The third-order valence-corrected chi connectivity index (χ3v) is 3.92. The van der Waals surface area contributed by atoms with Crippen LogP contribution >= 0.6 is 0 Å². The van der Waals surface area contributed by atoms with Gasteiger partial charge < -0.3 is 10.5 Å². The van der Waals surface area contributed by atoms with E-state index in [1.165, 1.54) is 13.3 Å². The number of rotatable bonds is 6. The summed E-state index contributed by atoms with van der Waals surface area (Å²) in [5.41, 5.74) is 6.68. The Morgan fingerprint density at radius 1 is 1.50 bits per heavy atom. The van der Waals surface area contributed by atoms with E-state index >= 15 is 0 Å². The fraction of sp³-hybridized carbons (Fsp3) is 0.455. The van der Waals surface area contributed by atoms with E-state index in [4.69, 9.17) is 5.73 Å². The summed E-state index contributed by atoms with van der Waals surface area (Å²) in [6, 6.07) is 3.27. The van der Waals surface area contributed by atoms with Crippen LogP contribution < -0.4 is 5.73 Å². The first-order chi connectivity index (χ1) is 8.46. The van der Waals surface area contributed by atoms with Gasteiger partial charge in [-0.15, -0.1) is 0 Å². The van der Waals surface area contributed by atoms with Crippen molar-refractivity contribution in [3.8, 4) is 0 Å². The molecule has 0 saturated carbocycles. The second kappa shape index (κ2) is 6.46. The van der Waals surface area contributed by atoms with Crippen LogP contribution in [0.1, 0.15) is 17.7 Å². The van der Waals surface area contributed by atoms with Crippen LogP contribution in [-0.2, 0) is 31.7 Å². The van der Waals surface area contributed by atoms with Gasteiger partial charge in [-0.2, -0.15) is 0 Å². The van der Waals surface area contributed by atoms with Gasteiger partial charge in [0.25, 0.3) is 0 Å². The molecule has 0 amide bonds. The second-order valence-electron chi connectivity index (χ2n) is 3.78. The van der Waals surface area contributed by atoms with Crippen LogP contribution in [0, 0.1) is 0 Å². The van der Waals surface area contributed by atoms with Gasteiger partial charge in [-0.25, -0.2) is 8.42 Å². The van der Waals surface area contributed by atoms with Crippen molar-refractivity contribution in [3.63, 3.8) is 0 Å². The Labute approximate surface area is 106 Å². The monoisotopic (exact) mass is 272 g/mol. The summed E-state index contributed by atoms with van der Waals surface area (Å²) in [5, 5.41) is 0. The summed E-state index contributed by atoms with van der Waals surface area (Å²) in [5.74, 6) is -0.879. The highest BCUT2D eigenvalue weighted by Crippen LogP contribution is 2.08. The van der Waals surface area contributed by atoms with Crippen LogP contribution in [0.4, 0.5) is 0 Å². The van der Waals surface area contributed by atoms with Crippen LogP contribution in [0.3, 0.4) is 0 Å². The standard InChI is InChI=1S/C11H16N2O4S/c1-17-11(14)3-5-18(15,16)8-9-2-4-13-10(6-9)7-12/h2,4,6H,3,5,7-8,12H2,1H3. The van der Waals surface area contributed by atoms with E-state index in [2.05, 4.69) is 9.72 Å². The van der Waals surface area contributed by atoms with Gasteiger partial charge in [0, 0.05) is 12.7 Å². The highest BCUT2D eigenvalue weighted by Gasteiger charge is 2.15. The topological polar surface area (TPSA) is 99.4 Å². The first-order valence-corrected chi connectivity index (χ1v) is 7.20. The van der Waals surface area contributed by atoms with Crippen molar-refractivity contribution in [1.29, 1.82) is 0 Å².